The second-order valence-electron chi connectivity index (χ2n) is 2.70. The summed E-state index contributed by atoms with van der Waals surface area (Å²) in [5, 5.41) is 1.95. The van der Waals surface area contributed by atoms with E-state index in [4.69, 9.17) is 9.15 Å². The predicted molar refractivity (Wildman–Crippen MR) is 57.5 cm³/mol. The van der Waals surface area contributed by atoms with Gasteiger partial charge in [0, 0.05) is 4.88 Å². The Kier molecular flexibility index (Phi) is 2.99. The fourth-order valence-corrected chi connectivity index (χ4v) is 1.61. The number of hydrogen-bond acceptors (Lipinski definition) is 4. The van der Waals surface area contributed by atoms with E-state index in [2.05, 4.69) is 0 Å². The normalized spacial score (nSPS) is 10.7. The van der Waals surface area contributed by atoms with Crippen LogP contribution in [0.2, 0.25) is 0 Å². The van der Waals surface area contributed by atoms with Crippen LogP contribution in [0.5, 0.6) is 0 Å². The van der Waals surface area contributed by atoms with E-state index in [-0.39, 0.29) is 5.76 Å². The average molecular weight is 220 g/mol. The minimum Gasteiger partial charge on any atom is -0.457 e. The van der Waals surface area contributed by atoms with Crippen LogP contribution in [0.15, 0.2) is 46.6 Å². The van der Waals surface area contributed by atoms with Gasteiger partial charge in [-0.2, -0.15) is 0 Å². The Morgan fingerprint density at radius 1 is 1.40 bits per heavy atom. The lowest BCUT2D eigenvalue weighted by Gasteiger charge is -1.93. The number of carbonyl (C=O) groups is 1. The van der Waals surface area contributed by atoms with E-state index in [1.54, 1.807) is 29.5 Å². The topological polar surface area (TPSA) is 39.4 Å². The standard InChI is InChI=1S/C11H8O3S/c12-11(10-4-1-6-13-10)14-7-5-9-3-2-8-15-9/h1-8H. The molecule has 0 aliphatic rings. The second-order valence-corrected chi connectivity index (χ2v) is 3.68. The second kappa shape index (κ2) is 4.61. The van der Waals surface area contributed by atoms with Crippen molar-refractivity contribution in [3.8, 4) is 0 Å². The first-order valence-corrected chi connectivity index (χ1v) is 5.19. The molecule has 2 rings (SSSR count). The summed E-state index contributed by atoms with van der Waals surface area (Å²) in [7, 11) is 0. The number of ether oxygens (including phenoxy) is 1. The third-order valence-corrected chi connectivity index (χ3v) is 2.51. The van der Waals surface area contributed by atoms with Crippen molar-refractivity contribution in [1.29, 1.82) is 0 Å². The van der Waals surface area contributed by atoms with Crippen LogP contribution in [0.1, 0.15) is 15.4 Å². The maximum absolute atomic E-state index is 11.3. The van der Waals surface area contributed by atoms with Crippen molar-refractivity contribution in [3.63, 3.8) is 0 Å². The molecule has 0 atom stereocenters. The van der Waals surface area contributed by atoms with Crippen LogP contribution in [0.3, 0.4) is 0 Å². The Labute approximate surface area is 90.6 Å². The first-order chi connectivity index (χ1) is 7.36. The highest BCUT2D eigenvalue weighted by Crippen LogP contribution is 2.10. The van der Waals surface area contributed by atoms with Gasteiger partial charge in [-0.25, -0.2) is 4.79 Å². The highest BCUT2D eigenvalue weighted by atomic mass is 32.1. The highest BCUT2D eigenvalue weighted by molar-refractivity contribution is 7.10. The predicted octanol–water partition coefficient (Wildman–Crippen LogP) is 3.17. The van der Waals surface area contributed by atoms with Gasteiger partial charge < -0.3 is 9.15 Å². The molecule has 0 amide bonds. The van der Waals surface area contributed by atoms with Gasteiger partial charge in [-0.15, -0.1) is 11.3 Å². The maximum Gasteiger partial charge on any atom is 0.379 e. The lowest BCUT2D eigenvalue weighted by Crippen LogP contribution is -1.97. The van der Waals surface area contributed by atoms with Gasteiger partial charge in [-0.1, -0.05) is 6.07 Å². The van der Waals surface area contributed by atoms with Crippen LogP contribution in [-0.4, -0.2) is 5.97 Å². The molecule has 0 N–H and O–H groups in total. The molecule has 0 unspecified atom stereocenters. The molecule has 0 fully saturated rings. The molecular weight excluding hydrogens is 212 g/mol. The van der Waals surface area contributed by atoms with E-state index in [9.17, 15) is 4.79 Å². The molecule has 0 aliphatic carbocycles. The molecule has 0 saturated heterocycles. The van der Waals surface area contributed by atoms with Crippen molar-refractivity contribution in [2.45, 2.75) is 0 Å². The summed E-state index contributed by atoms with van der Waals surface area (Å²) < 4.78 is 9.73. The quantitative estimate of drug-likeness (QED) is 0.589. The molecule has 0 saturated carbocycles. The van der Waals surface area contributed by atoms with E-state index in [0.717, 1.165) is 4.88 Å². The first-order valence-electron chi connectivity index (χ1n) is 4.31. The molecule has 0 radical (unpaired) electrons. The van der Waals surface area contributed by atoms with Gasteiger partial charge in [-0.3, -0.25) is 0 Å². The zero-order valence-electron chi connectivity index (χ0n) is 7.75. The fourth-order valence-electron chi connectivity index (χ4n) is 1.00. The molecule has 0 bridgehead atoms. The van der Waals surface area contributed by atoms with Crippen molar-refractivity contribution < 1.29 is 13.9 Å². The summed E-state index contributed by atoms with van der Waals surface area (Å²) in [6.45, 7) is 0. The molecule has 2 aromatic heterocycles. The summed E-state index contributed by atoms with van der Waals surface area (Å²) in [6.07, 6.45) is 4.52. The molecule has 0 aromatic carbocycles. The number of thiophene rings is 1. The summed E-state index contributed by atoms with van der Waals surface area (Å²) in [4.78, 5) is 12.3. The zero-order valence-corrected chi connectivity index (χ0v) is 8.57. The Hall–Kier alpha value is -1.81. The number of esters is 1. The van der Waals surface area contributed by atoms with Crippen molar-refractivity contribution in [3.05, 3.63) is 52.8 Å². The van der Waals surface area contributed by atoms with Gasteiger partial charge >= 0.3 is 5.97 Å². The van der Waals surface area contributed by atoms with E-state index in [0.29, 0.717) is 0 Å². The van der Waals surface area contributed by atoms with E-state index in [1.165, 1.54) is 12.5 Å². The molecule has 0 spiro atoms. The van der Waals surface area contributed by atoms with Crippen molar-refractivity contribution in [2.75, 3.05) is 0 Å². The summed E-state index contributed by atoms with van der Waals surface area (Å²) in [5.74, 6) is -0.293. The van der Waals surface area contributed by atoms with Gasteiger partial charge in [-0.05, 0) is 29.7 Å². The van der Waals surface area contributed by atoms with E-state index in [1.807, 2.05) is 17.5 Å². The van der Waals surface area contributed by atoms with E-state index < -0.39 is 5.97 Å². The minimum absolute atomic E-state index is 0.200. The number of carbonyl (C=O) groups excluding carboxylic acids is 1. The monoisotopic (exact) mass is 220 g/mol. The van der Waals surface area contributed by atoms with Gasteiger partial charge in [0.05, 0.1) is 12.5 Å². The Morgan fingerprint density at radius 2 is 2.33 bits per heavy atom. The lowest BCUT2D eigenvalue weighted by atomic mass is 10.4. The van der Waals surface area contributed by atoms with Crippen LogP contribution in [0.4, 0.5) is 0 Å². The Balaban J connectivity index is 1.91. The Bertz CT molecular complexity index is 440. The van der Waals surface area contributed by atoms with Gasteiger partial charge in [0.15, 0.2) is 0 Å². The summed E-state index contributed by atoms with van der Waals surface area (Å²) >= 11 is 1.57. The van der Waals surface area contributed by atoms with Crippen LogP contribution in [0.25, 0.3) is 6.08 Å². The van der Waals surface area contributed by atoms with Crippen LogP contribution >= 0.6 is 11.3 Å². The van der Waals surface area contributed by atoms with Crippen LogP contribution < -0.4 is 0 Å². The summed E-state index contributed by atoms with van der Waals surface area (Å²) in [5.41, 5.74) is 0. The maximum atomic E-state index is 11.3. The number of hydrogen-bond donors (Lipinski definition) is 0. The van der Waals surface area contributed by atoms with Crippen molar-refractivity contribution in [2.24, 2.45) is 0 Å². The largest absolute Gasteiger partial charge is 0.457 e. The molecule has 3 nitrogen and oxygen atoms in total. The van der Waals surface area contributed by atoms with Crippen molar-refractivity contribution >= 4 is 23.4 Å². The third kappa shape index (κ3) is 2.57. The molecule has 2 heterocycles. The van der Waals surface area contributed by atoms with Gasteiger partial charge in [0.1, 0.15) is 0 Å². The fraction of sp³-hybridized carbons (Fsp3) is 0. The third-order valence-electron chi connectivity index (χ3n) is 1.67. The van der Waals surface area contributed by atoms with Gasteiger partial charge in [0.2, 0.25) is 5.76 Å². The first kappa shape index (κ1) is 9.73. The molecule has 76 valence electrons. The van der Waals surface area contributed by atoms with Gasteiger partial charge in [0.25, 0.3) is 0 Å². The Morgan fingerprint density at radius 3 is 3.00 bits per heavy atom. The molecule has 4 heteroatoms. The lowest BCUT2D eigenvalue weighted by molar-refractivity contribution is 0.0630. The zero-order chi connectivity index (χ0) is 10.5. The smallest absolute Gasteiger partial charge is 0.379 e. The molecular formula is C11H8O3S. The van der Waals surface area contributed by atoms with E-state index >= 15 is 0 Å². The summed E-state index contributed by atoms with van der Waals surface area (Å²) in [6, 6.07) is 7.06. The molecule has 2 aromatic rings. The molecule has 0 aliphatic heterocycles. The number of rotatable bonds is 3. The molecule has 15 heavy (non-hydrogen) atoms. The SMILES string of the molecule is O=C(OC=Cc1cccs1)c1ccco1. The minimum atomic E-state index is -0.493. The van der Waals surface area contributed by atoms with Crippen molar-refractivity contribution in [1.82, 2.24) is 0 Å². The number of furan rings is 1. The highest BCUT2D eigenvalue weighted by Gasteiger charge is 2.07. The average Bonchev–Trinajstić information content (AvgIpc) is 2.90. The van der Waals surface area contributed by atoms with Crippen LogP contribution in [-0.2, 0) is 4.74 Å². The van der Waals surface area contributed by atoms with Crippen LogP contribution in [0, 0.1) is 0 Å².